The summed E-state index contributed by atoms with van der Waals surface area (Å²) in [6, 6.07) is 10.5. The van der Waals surface area contributed by atoms with Crippen LogP contribution in [0.25, 0.3) is 22.3 Å². The number of aromatic carboxylic acids is 1. The van der Waals surface area contributed by atoms with E-state index in [4.69, 9.17) is 10.2 Å². The van der Waals surface area contributed by atoms with Gasteiger partial charge in [-0.1, -0.05) is 12.1 Å². The van der Waals surface area contributed by atoms with Crippen LogP contribution in [0.5, 0.6) is 0 Å². The van der Waals surface area contributed by atoms with Gasteiger partial charge in [-0.3, -0.25) is 4.79 Å². The number of benzene rings is 2. The first kappa shape index (κ1) is 18.4. The minimum absolute atomic E-state index is 0.0550. The molecule has 1 heterocycles. The molecule has 138 valence electrons. The standard InChI is InChI=1S/C20H17FN2O4/c21-14-5-3-4-12(10-14)19-16(6-1-2-7-18(24)25)22-17-11-13(20(26)27)8-9-15(17)23-19/h3-5,8-11H,1-2,6-7H2,(H,24,25)(H,26,27). The van der Waals surface area contributed by atoms with Crippen LogP contribution in [0.1, 0.15) is 35.3 Å². The maximum Gasteiger partial charge on any atom is 0.335 e. The van der Waals surface area contributed by atoms with Crippen molar-refractivity contribution in [2.45, 2.75) is 25.7 Å². The van der Waals surface area contributed by atoms with Gasteiger partial charge >= 0.3 is 11.9 Å². The van der Waals surface area contributed by atoms with E-state index in [2.05, 4.69) is 9.97 Å². The van der Waals surface area contributed by atoms with Gasteiger partial charge < -0.3 is 10.2 Å². The highest BCUT2D eigenvalue weighted by molar-refractivity contribution is 5.92. The Morgan fingerprint density at radius 1 is 0.963 bits per heavy atom. The zero-order chi connectivity index (χ0) is 19.4. The van der Waals surface area contributed by atoms with Crippen LogP contribution in [0.3, 0.4) is 0 Å². The average molecular weight is 368 g/mol. The number of carbonyl (C=O) groups is 2. The Kier molecular flexibility index (Phi) is 5.40. The van der Waals surface area contributed by atoms with Crippen molar-refractivity contribution in [3.05, 3.63) is 59.5 Å². The second-order valence-corrected chi connectivity index (χ2v) is 6.14. The molecule has 0 atom stereocenters. The van der Waals surface area contributed by atoms with E-state index in [0.29, 0.717) is 47.2 Å². The highest BCUT2D eigenvalue weighted by Gasteiger charge is 2.14. The fourth-order valence-corrected chi connectivity index (χ4v) is 2.83. The third-order valence-corrected chi connectivity index (χ3v) is 4.14. The number of carboxylic acids is 2. The third-order valence-electron chi connectivity index (χ3n) is 4.14. The van der Waals surface area contributed by atoms with Crippen molar-refractivity contribution in [1.29, 1.82) is 0 Å². The van der Waals surface area contributed by atoms with Gasteiger partial charge in [-0.05, 0) is 49.6 Å². The summed E-state index contributed by atoms with van der Waals surface area (Å²) in [6.07, 6.45) is 1.57. The molecule has 6 nitrogen and oxygen atoms in total. The number of hydrogen-bond donors (Lipinski definition) is 2. The lowest BCUT2D eigenvalue weighted by Crippen LogP contribution is -2.03. The molecule has 3 rings (SSSR count). The second-order valence-electron chi connectivity index (χ2n) is 6.14. The summed E-state index contributed by atoms with van der Waals surface area (Å²) < 4.78 is 13.7. The predicted molar refractivity (Wildman–Crippen MR) is 97.1 cm³/mol. The number of carboxylic acid groups (broad SMARTS) is 2. The minimum atomic E-state index is -1.06. The van der Waals surface area contributed by atoms with E-state index < -0.39 is 17.8 Å². The van der Waals surface area contributed by atoms with Gasteiger partial charge in [0.1, 0.15) is 5.82 Å². The first-order valence-electron chi connectivity index (χ1n) is 8.46. The van der Waals surface area contributed by atoms with Crippen LogP contribution in [0.2, 0.25) is 0 Å². The van der Waals surface area contributed by atoms with Crippen molar-refractivity contribution in [3.8, 4) is 11.3 Å². The number of fused-ring (bicyclic) bond motifs is 1. The topological polar surface area (TPSA) is 100 Å². The van der Waals surface area contributed by atoms with Crippen LogP contribution < -0.4 is 0 Å². The van der Waals surface area contributed by atoms with E-state index in [1.54, 1.807) is 18.2 Å². The molecule has 0 aliphatic rings. The first-order valence-corrected chi connectivity index (χ1v) is 8.46. The van der Waals surface area contributed by atoms with Gasteiger partial charge in [0, 0.05) is 12.0 Å². The molecule has 0 aliphatic heterocycles. The van der Waals surface area contributed by atoms with Crippen molar-refractivity contribution in [1.82, 2.24) is 9.97 Å². The quantitative estimate of drug-likeness (QED) is 0.613. The van der Waals surface area contributed by atoms with Crippen LogP contribution in [-0.2, 0) is 11.2 Å². The van der Waals surface area contributed by atoms with E-state index >= 15 is 0 Å². The van der Waals surface area contributed by atoms with Crippen molar-refractivity contribution in [3.63, 3.8) is 0 Å². The van der Waals surface area contributed by atoms with Crippen molar-refractivity contribution in [2.24, 2.45) is 0 Å². The summed E-state index contributed by atoms with van der Waals surface area (Å²) in [5.41, 5.74) is 2.71. The Balaban J connectivity index is 2.04. The van der Waals surface area contributed by atoms with Crippen LogP contribution in [0, 0.1) is 5.82 Å². The van der Waals surface area contributed by atoms with Crippen molar-refractivity contribution >= 4 is 23.0 Å². The normalized spacial score (nSPS) is 10.9. The second kappa shape index (κ2) is 7.90. The minimum Gasteiger partial charge on any atom is -0.481 e. The molecular formula is C20H17FN2O4. The Morgan fingerprint density at radius 3 is 2.48 bits per heavy atom. The van der Waals surface area contributed by atoms with E-state index in [1.165, 1.54) is 24.3 Å². The molecule has 7 heteroatoms. The molecule has 2 aromatic carbocycles. The molecule has 27 heavy (non-hydrogen) atoms. The number of unbranched alkanes of at least 4 members (excludes halogenated alkanes) is 1. The van der Waals surface area contributed by atoms with Crippen LogP contribution in [-0.4, -0.2) is 32.1 Å². The fourth-order valence-electron chi connectivity index (χ4n) is 2.83. The highest BCUT2D eigenvalue weighted by Crippen LogP contribution is 2.26. The Hall–Kier alpha value is -3.35. The monoisotopic (exact) mass is 368 g/mol. The molecule has 0 fully saturated rings. The van der Waals surface area contributed by atoms with Gasteiger partial charge in [0.25, 0.3) is 0 Å². The summed E-state index contributed by atoms with van der Waals surface area (Å²) >= 11 is 0. The Morgan fingerprint density at radius 2 is 1.78 bits per heavy atom. The van der Waals surface area contributed by atoms with E-state index in [9.17, 15) is 14.0 Å². The number of nitrogens with zero attached hydrogens (tertiary/aromatic N) is 2. The number of halogens is 1. The van der Waals surface area contributed by atoms with E-state index in [0.717, 1.165) is 0 Å². The molecule has 0 amide bonds. The molecule has 0 unspecified atom stereocenters. The molecule has 2 N–H and O–H groups in total. The first-order chi connectivity index (χ1) is 12.9. The summed E-state index contributed by atoms with van der Waals surface area (Å²) in [7, 11) is 0. The number of rotatable bonds is 7. The predicted octanol–water partition coefficient (Wildman–Crippen LogP) is 3.93. The van der Waals surface area contributed by atoms with Gasteiger partial charge in [-0.2, -0.15) is 0 Å². The lowest BCUT2D eigenvalue weighted by Gasteiger charge is -2.11. The molecule has 0 radical (unpaired) electrons. The maximum atomic E-state index is 13.7. The molecule has 0 aliphatic carbocycles. The lowest BCUT2D eigenvalue weighted by atomic mass is 10.0. The molecule has 3 aromatic rings. The highest BCUT2D eigenvalue weighted by atomic mass is 19.1. The molecule has 0 saturated heterocycles. The van der Waals surface area contributed by atoms with E-state index in [-0.39, 0.29) is 12.0 Å². The van der Waals surface area contributed by atoms with Gasteiger partial charge in [0.15, 0.2) is 0 Å². The number of aliphatic carboxylic acids is 1. The zero-order valence-electron chi connectivity index (χ0n) is 14.4. The van der Waals surface area contributed by atoms with Gasteiger partial charge in [0.2, 0.25) is 0 Å². The number of hydrogen-bond acceptors (Lipinski definition) is 4. The molecular weight excluding hydrogens is 351 g/mol. The summed E-state index contributed by atoms with van der Waals surface area (Å²) in [5, 5.41) is 17.9. The maximum absolute atomic E-state index is 13.7. The molecule has 1 aromatic heterocycles. The summed E-state index contributed by atoms with van der Waals surface area (Å²) in [5.74, 6) is -2.32. The van der Waals surface area contributed by atoms with Crippen molar-refractivity contribution in [2.75, 3.05) is 0 Å². The van der Waals surface area contributed by atoms with Gasteiger partial charge in [-0.25, -0.2) is 19.2 Å². The Labute approximate surface area is 154 Å². The third kappa shape index (κ3) is 4.44. The summed E-state index contributed by atoms with van der Waals surface area (Å²) in [4.78, 5) is 31.0. The lowest BCUT2D eigenvalue weighted by molar-refractivity contribution is -0.137. The van der Waals surface area contributed by atoms with Crippen LogP contribution >= 0.6 is 0 Å². The van der Waals surface area contributed by atoms with Crippen molar-refractivity contribution < 1.29 is 24.2 Å². The number of aromatic nitrogens is 2. The molecule has 0 spiro atoms. The Bertz CT molecular complexity index is 1020. The SMILES string of the molecule is O=C(O)CCCCc1nc2cc(C(=O)O)ccc2nc1-c1cccc(F)c1. The zero-order valence-corrected chi connectivity index (χ0v) is 14.4. The summed E-state index contributed by atoms with van der Waals surface area (Å²) in [6.45, 7) is 0. The van der Waals surface area contributed by atoms with Gasteiger partial charge in [0.05, 0.1) is 28.0 Å². The van der Waals surface area contributed by atoms with Crippen LogP contribution in [0.15, 0.2) is 42.5 Å². The fraction of sp³-hybridized carbons (Fsp3) is 0.200. The van der Waals surface area contributed by atoms with E-state index in [1.807, 2.05) is 0 Å². The van der Waals surface area contributed by atoms with Crippen LogP contribution in [0.4, 0.5) is 4.39 Å². The molecule has 0 saturated carbocycles. The van der Waals surface area contributed by atoms with Gasteiger partial charge in [-0.15, -0.1) is 0 Å². The largest absolute Gasteiger partial charge is 0.481 e. The number of aryl methyl sites for hydroxylation is 1. The molecule has 0 bridgehead atoms. The smallest absolute Gasteiger partial charge is 0.335 e. The average Bonchev–Trinajstić information content (AvgIpc) is 2.63.